The third-order valence-electron chi connectivity index (χ3n) is 4.83. The number of likely N-dealkylation sites (tertiary alicyclic amines) is 1. The molecule has 25 heavy (non-hydrogen) atoms. The quantitative estimate of drug-likeness (QED) is 0.797. The molecule has 0 aliphatic carbocycles. The molecule has 5 heteroatoms. The van der Waals surface area contributed by atoms with Crippen molar-refractivity contribution in [1.82, 2.24) is 10.2 Å². The number of aliphatic hydroxyl groups is 1. The van der Waals surface area contributed by atoms with Gasteiger partial charge in [-0.1, -0.05) is 37.3 Å². The first-order chi connectivity index (χ1) is 12.0. The van der Waals surface area contributed by atoms with E-state index >= 15 is 0 Å². The van der Waals surface area contributed by atoms with Gasteiger partial charge in [-0.25, -0.2) is 0 Å². The van der Waals surface area contributed by atoms with Crippen LogP contribution in [-0.2, 0) is 9.59 Å². The molecule has 2 amide bonds. The second-order valence-corrected chi connectivity index (χ2v) is 6.98. The first-order valence-electron chi connectivity index (χ1n) is 9.32. The van der Waals surface area contributed by atoms with Crippen LogP contribution in [-0.4, -0.2) is 41.0 Å². The number of nitrogens with one attached hydrogen (secondary N) is 1. The Balaban J connectivity index is 1.75. The van der Waals surface area contributed by atoms with Gasteiger partial charge in [-0.3, -0.25) is 9.59 Å². The van der Waals surface area contributed by atoms with Crippen molar-refractivity contribution in [3.05, 3.63) is 35.9 Å². The molecule has 2 atom stereocenters. The van der Waals surface area contributed by atoms with E-state index in [9.17, 15) is 14.7 Å². The van der Waals surface area contributed by atoms with Gasteiger partial charge in [0.1, 0.15) is 0 Å². The lowest BCUT2D eigenvalue weighted by Gasteiger charge is -2.32. The molecule has 0 bridgehead atoms. The number of hydrogen-bond acceptors (Lipinski definition) is 3. The topological polar surface area (TPSA) is 69.6 Å². The zero-order valence-electron chi connectivity index (χ0n) is 15.3. The van der Waals surface area contributed by atoms with Crippen LogP contribution in [0, 0.1) is 5.92 Å². The minimum absolute atomic E-state index is 0.0374. The molecule has 5 nitrogen and oxygen atoms in total. The highest BCUT2D eigenvalue weighted by Crippen LogP contribution is 2.21. The van der Waals surface area contributed by atoms with Crippen molar-refractivity contribution in [3.8, 4) is 0 Å². The third kappa shape index (κ3) is 5.85. The maximum absolute atomic E-state index is 12.4. The average molecular weight is 346 g/mol. The molecule has 1 heterocycles. The van der Waals surface area contributed by atoms with E-state index in [2.05, 4.69) is 5.32 Å². The molecule has 1 aromatic rings. The average Bonchev–Trinajstić information content (AvgIpc) is 2.62. The van der Waals surface area contributed by atoms with Crippen molar-refractivity contribution in [3.63, 3.8) is 0 Å². The normalized spacial score (nSPS) is 17.8. The fraction of sp³-hybridized carbons (Fsp3) is 0.600. The monoisotopic (exact) mass is 346 g/mol. The molecular weight excluding hydrogens is 316 g/mol. The van der Waals surface area contributed by atoms with Gasteiger partial charge in [-0.05, 0) is 38.2 Å². The summed E-state index contributed by atoms with van der Waals surface area (Å²) in [7, 11) is 0. The van der Waals surface area contributed by atoms with Crippen LogP contribution in [0.1, 0.15) is 57.6 Å². The fourth-order valence-corrected chi connectivity index (χ4v) is 3.33. The molecule has 1 aromatic carbocycles. The summed E-state index contributed by atoms with van der Waals surface area (Å²) in [6.07, 6.45) is 2.80. The van der Waals surface area contributed by atoms with E-state index in [0.717, 1.165) is 24.8 Å². The highest BCUT2D eigenvalue weighted by atomic mass is 16.3. The lowest BCUT2D eigenvalue weighted by Crippen LogP contribution is -2.45. The summed E-state index contributed by atoms with van der Waals surface area (Å²) in [5.74, 6) is 0.193. The molecule has 2 N–H and O–H groups in total. The summed E-state index contributed by atoms with van der Waals surface area (Å²) in [5.41, 5.74) is 0.867. The highest BCUT2D eigenvalue weighted by molar-refractivity contribution is 5.80. The summed E-state index contributed by atoms with van der Waals surface area (Å²) < 4.78 is 0. The van der Waals surface area contributed by atoms with E-state index in [1.807, 2.05) is 49.1 Å². The van der Waals surface area contributed by atoms with Crippen LogP contribution in [0.3, 0.4) is 0 Å². The van der Waals surface area contributed by atoms with Gasteiger partial charge in [-0.15, -0.1) is 0 Å². The van der Waals surface area contributed by atoms with Crippen LogP contribution in [0.15, 0.2) is 30.3 Å². The first-order valence-corrected chi connectivity index (χ1v) is 9.32. The Morgan fingerprint density at radius 2 is 1.88 bits per heavy atom. The third-order valence-corrected chi connectivity index (χ3v) is 4.83. The maximum atomic E-state index is 12.4. The molecule has 1 aliphatic heterocycles. The Kier molecular flexibility index (Phi) is 7.44. The van der Waals surface area contributed by atoms with Gasteiger partial charge < -0.3 is 15.3 Å². The summed E-state index contributed by atoms with van der Waals surface area (Å²) in [6, 6.07) is 9.40. The number of nitrogens with zero attached hydrogens (tertiary/aromatic N) is 1. The Labute approximate surface area is 150 Å². The SMILES string of the molecule is CCCC(=O)N1CCC(C(=O)NC(C)CC(O)c2ccccc2)CC1. The van der Waals surface area contributed by atoms with Gasteiger partial charge in [0.15, 0.2) is 0 Å². The summed E-state index contributed by atoms with van der Waals surface area (Å²) in [4.78, 5) is 26.2. The second kappa shape index (κ2) is 9.56. The van der Waals surface area contributed by atoms with E-state index < -0.39 is 6.10 Å². The van der Waals surface area contributed by atoms with Crippen LogP contribution < -0.4 is 5.32 Å². The molecule has 0 radical (unpaired) electrons. The van der Waals surface area contributed by atoms with Crippen LogP contribution >= 0.6 is 0 Å². The predicted octanol–water partition coefficient (Wildman–Crippen LogP) is 2.65. The lowest BCUT2D eigenvalue weighted by atomic mass is 9.94. The van der Waals surface area contributed by atoms with Crippen LogP contribution in [0.25, 0.3) is 0 Å². The first kappa shape index (κ1) is 19.4. The Morgan fingerprint density at radius 1 is 1.24 bits per heavy atom. The Morgan fingerprint density at radius 3 is 2.48 bits per heavy atom. The van der Waals surface area contributed by atoms with Crippen LogP contribution in [0.5, 0.6) is 0 Å². The molecule has 1 aliphatic rings. The number of aliphatic hydroxyl groups excluding tert-OH is 1. The Bertz CT molecular complexity index is 553. The van der Waals surface area contributed by atoms with Crippen LogP contribution in [0.2, 0.25) is 0 Å². The number of hydrogen-bond donors (Lipinski definition) is 2. The maximum Gasteiger partial charge on any atom is 0.223 e. The number of amides is 2. The van der Waals surface area contributed by atoms with Gasteiger partial charge >= 0.3 is 0 Å². The van der Waals surface area contributed by atoms with Gasteiger partial charge in [0, 0.05) is 31.5 Å². The largest absolute Gasteiger partial charge is 0.388 e. The predicted molar refractivity (Wildman–Crippen MR) is 97.8 cm³/mol. The molecule has 1 saturated heterocycles. The summed E-state index contributed by atoms with van der Waals surface area (Å²) >= 11 is 0. The molecule has 2 rings (SSSR count). The molecule has 1 fully saturated rings. The fourth-order valence-electron chi connectivity index (χ4n) is 3.33. The van der Waals surface area contributed by atoms with E-state index in [0.29, 0.717) is 25.9 Å². The number of rotatable bonds is 7. The second-order valence-electron chi connectivity index (χ2n) is 6.98. The van der Waals surface area contributed by atoms with Crippen molar-refractivity contribution < 1.29 is 14.7 Å². The molecule has 0 saturated carbocycles. The highest BCUT2D eigenvalue weighted by Gasteiger charge is 2.27. The molecular formula is C20H30N2O3. The molecule has 2 unspecified atom stereocenters. The van der Waals surface area contributed by atoms with Crippen LogP contribution in [0.4, 0.5) is 0 Å². The minimum atomic E-state index is -0.579. The number of benzene rings is 1. The number of carbonyl (C=O) groups excluding carboxylic acids is 2. The van der Waals surface area contributed by atoms with Crippen molar-refractivity contribution in [1.29, 1.82) is 0 Å². The van der Waals surface area contributed by atoms with Crippen molar-refractivity contribution in [2.24, 2.45) is 5.92 Å². The zero-order chi connectivity index (χ0) is 18.2. The minimum Gasteiger partial charge on any atom is -0.388 e. The smallest absolute Gasteiger partial charge is 0.223 e. The van der Waals surface area contributed by atoms with E-state index in [4.69, 9.17) is 0 Å². The van der Waals surface area contributed by atoms with E-state index in [1.54, 1.807) is 0 Å². The van der Waals surface area contributed by atoms with Gasteiger partial charge in [-0.2, -0.15) is 0 Å². The number of carbonyl (C=O) groups is 2. The van der Waals surface area contributed by atoms with E-state index in [-0.39, 0.29) is 23.8 Å². The number of piperidine rings is 1. The van der Waals surface area contributed by atoms with Gasteiger partial charge in [0.05, 0.1) is 6.10 Å². The summed E-state index contributed by atoms with van der Waals surface area (Å²) in [5, 5.41) is 13.3. The summed E-state index contributed by atoms with van der Waals surface area (Å²) in [6.45, 7) is 5.25. The van der Waals surface area contributed by atoms with E-state index in [1.165, 1.54) is 0 Å². The lowest BCUT2D eigenvalue weighted by molar-refractivity contribution is -0.135. The van der Waals surface area contributed by atoms with Gasteiger partial charge in [0.2, 0.25) is 11.8 Å². The van der Waals surface area contributed by atoms with Crippen molar-refractivity contribution in [2.75, 3.05) is 13.1 Å². The molecule has 0 aromatic heterocycles. The standard InChI is InChI=1S/C20H30N2O3/c1-3-7-19(24)22-12-10-17(11-13-22)20(25)21-15(2)14-18(23)16-8-5-4-6-9-16/h4-6,8-9,15,17-18,23H,3,7,10-14H2,1-2H3,(H,21,25). The Hall–Kier alpha value is -1.88. The van der Waals surface area contributed by atoms with Gasteiger partial charge in [0.25, 0.3) is 0 Å². The van der Waals surface area contributed by atoms with Crippen molar-refractivity contribution in [2.45, 2.75) is 58.1 Å². The molecule has 0 spiro atoms. The van der Waals surface area contributed by atoms with Crippen molar-refractivity contribution >= 4 is 11.8 Å². The zero-order valence-corrected chi connectivity index (χ0v) is 15.3. The molecule has 138 valence electrons.